The number of carbonyl (C=O) groups is 1. The molecule has 1 aliphatic heterocycles. The van der Waals surface area contributed by atoms with E-state index in [0.717, 1.165) is 12.1 Å². The van der Waals surface area contributed by atoms with Crippen LogP contribution in [0.2, 0.25) is 0 Å². The molecule has 2 unspecified atom stereocenters. The van der Waals surface area contributed by atoms with Crippen LogP contribution in [0.3, 0.4) is 0 Å². The van der Waals surface area contributed by atoms with Crippen LogP contribution >= 0.6 is 0 Å². The highest BCUT2D eigenvalue weighted by Gasteiger charge is 2.30. The summed E-state index contributed by atoms with van der Waals surface area (Å²) < 4.78 is 57.7. The van der Waals surface area contributed by atoms with Gasteiger partial charge < -0.3 is 10.1 Å². The second kappa shape index (κ2) is 7.54. The molecule has 1 aliphatic rings. The van der Waals surface area contributed by atoms with Crippen molar-refractivity contribution in [3.63, 3.8) is 0 Å². The third-order valence-electron chi connectivity index (χ3n) is 3.60. The van der Waals surface area contributed by atoms with Crippen LogP contribution in [-0.4, -0.2) is 56.2 Å². The van der Waals surface area contributed by atoms with Crippen LogP contribution in [0.15, 0.2) is 18.2 Å². The van der Waals surface area contributed by atoms with E-state index in [1.165, 1.54) is 4.31 Å². The summed E-state index contributed by atoms with van der Waals surface area (Å²) in [7, 11) is -3.56. The molecule has 134 valence electrons. The molecule has 24 heavy (non-hydrogen) atoms. The molecule has 1 saturated heterocycles. The van der Waals surface area contributed by atoms with Crippen LogP contribution in [0.1, 0.15) is 24.2 Å². The summed E-state index contributed by atoms with van der Waals surface area (Å²) in [6.45, 7) is 3.92. The molecule has 0 bridgehead atoms. The number of carbonyl (C=O) groups excluding carboxylic acids is 1. The molecule has 0 radical (unpaired) electrons. The van der Waals surface area contributed by atoms with E-state index in [2.05, 4.69) is 5.32 Å². The van der Waals surface area contributed by atoms with Crippen LogP contribution < -0.4 is 5.32 Å². The van der Waals surface area contributed by atoms with Crippen LogP contribution in [0.4, 0.5) is 8.78 Å². The highest BCUT2D eigenvalue weighted by Crippen LogP contribution is 2.15. The Balaban J connectivity index is 1.91. The Morgan fingerprint density at radius 1 is 1.29 bits per heavy atom. The predicted octanol–water partition coefficient (Wildman–Crippen LogP) is 1.13. The number of rotatable bonds is 5. The lowest BCUT2D eigenvalue weighted by atomic mass is 10.2. The fourth-order valence-electron chi connectivity index (χ4n) is 2.55. The minimum absolute atomic E-state index is 0.169. The fraction of sp³-hybridized carbons (Fsp3) is 0.533. The monoisotopic (exact) mass is 362 g/mol. The number of amides is 1. The largest absolute Gasteiger partial charge is 0.373 e. The van der Waals surface area contributed by atoms with Crippen molar-refractivity contribution in [2.45, 2.75) is 26.1 Å². The van der Waals surface area contributed by atoms with Crippen molar-refractivity contribution in [3.8, 4) is 0 Å². The maximum absolute atomic E-state index is 13.5. The summed E-state index contributed by atoms with van der Waals surface area (Å²) in [6, 6.07) is 2.58. The molecule has 1 N–H and O–H groups in total. The first-order chi connectivity index (χ1) is 11.2. The van der Waals surface area contributed by atoms with Gasteiger partial charge in [0.15, 0.2) is 0 Å². The standard InChI is InChI=1S/C15H20F2N2O4S/c1-10-8-19(9-11(2)23-10)24(21,22)6-5-18-15(20)13-4-3-12(16)7-14(13)17/h3-4,7,10-11H,5-6,8-9H2,1-2H3,(H,18,20). The second-order valence-electron chi connectivity index (χ2n) is 5.77. The Morgan fingerprint density at radius 3 is 2.50 bits per heavy atom. The number of halogens is 2. The molecule has 9 heteroatoms. The molecule has 2 atom stereocenters. The molecule has 0 spiro atoms. The number of ether oxygens (including phenoxy) is 1. The van der Waals surface area contributed by atoms with Gasteiger partial charge in [0, 0.05) is 25.7 Å². The zero-order chi connectivity index (χ0) is 17.9. The maximum atomic E-state index is 13.5. The summed E-state index contributed by atoms with van der Waals surface area (Å²) in [5, 5.41) is 2.34. The van der Waals surface area contributed by atoms with Gasteiger partial charge in [0.1, 0.15) is 11.6 Å². The van der Waals surface area contributed by atoms with Gasteiger partial charge in [0.05, 0.1) is 23.5 Å². The van der Waals surface area contributed by atoms with E-state index in [1.54, 1.807) is 13.8 Å². The SMILES string of the molecule is CC1CN(S(=O)(=O)CCNC(=O)c2ccc(F)cc2F)CC(C)O1. The van der Waals surface area contributed by atoms with Gasteiger partial charge in [-0.05, 0) is 26.0 Å². The van der Waals surface area contributed by atoms with Crippen molar-refractivity contribution in [1.29, 1.82) is 0 Å². The molecule has 6 nitrogen and oxygen atoms in total. The number of sulfonamides is 1. The molecule has 1 aromatic carbocycles. The average Bonchev–Trinajstić information content (AvgIpc) is 2.45. The predicted molar refractivity (Wildman–Crippen MR) is 84.1 cm³/mol. The molecule has 0 aliphatic carbocycles. The van der Waals surface area contributed by atoms with Gasteiger partial charge in [-0.1, -0.05) is 0 Å². The summed E-state index contributed by atoms with van der Waals surface area (Å²) in [5.74, 6) is -2.87. The number of morpholine rings is 1. The summed E-state index contributed by atoms with van der Waals surface area (Å²) in [5.41, 5.74) is -0.331. The Bertz CT molecular complexity index is 701. The highest BCUT2D eigenvalue weighted by atomic mass is 32.2. The summed E-state index contributed by atoms with van der Waals surface area (Å²) in [4.78, 5) is 11.8. The third kappa shape index (κ3) is 4.71. The van der Waals surface area contributed by atoms with Crippen molar-refractivity contribution >= 4 is 15.9 Å². The Hall–Kier alpha value is -1.58. The van der Waals surface area contributed by atoms with Crippen molar-refractivity contribution < 1.29 is 26.7 Å². The lowest BCUT2D eigenvalue weighted by Gasteiger charge is -2.34. The first-order valence-electron chi connectivity index (χ1n) is 7.55. The molecular formula is C15H20F2N2O4S. The van der Waals surface area contributed by atoms with E-state index in [0.29, 0.717) is 6.07 Å². The molecule has 1 aromatic rings. The minimum Gasteiger partial charge on any atom is -0.373 e. The fourth-order valence-corrected chi connectivity index (χ4v) is 4.04. The van der Waals surface area contributed by atoms with Crippen LogP contribution in [0.25, 0.3) is 0 Å². The molecule has 0 saturated carbocycles. The van der Waals surface area contributed by atoms with E-state index >= 15 is 0 Å². The third-order valence-corrected chi connectivity index (χ3v) is 5.41. The maximum Gasteiger partial charge on any atom is 0.254 e. The molecule has 1 heterocycles. The topological polar surface area (TPSA) is 75.7 Å². The van der Waals surface area contributed by atoms with E-state index in [1.807, 2.05) is 0 Å². The van der Waals surface area contributed by atoms with Gasteiger partial charge in [0.25, 0.3) is 5.91 Å². The van der Waals surface area contributed by atoms with E-state index in [9.17, 15) is 22.0 Å². The molecule has 1 amide bonds. The summed E-state index contributed by atoms with van der Waals surface area (Å²) in [6.07, 6.45) is -0.405. The van der Waals surface area contributed by atoms with Crippen molar-refractivity contribution in [1.82, 2.24) is 9.62 Å². The van der Waals surface area contributed by atoms with Crippen molar-refractivity contribution in [3.05, 3.63) is 35.4 Å². The van der Waals surface area contributed by atoms with Gasteiger partial charge in [-0.15, -0.1) is 0 Å². The van der Waals surface area contributed by atoms with Gasteiger partial charge in [0.2, 0.25) is 10.0 Å². The smallest absolute Gasteiger partial charge is 0.254 e. The lowest BCUT2D eigenvalue weighted by molar-refractivity contribution is -0.0440. The minimum atomic E-state index is -3.56. The van der Waals surface area contributed by atoms with E-state index in [-0.39, 0.29) is 43.2 Å². The van der Waals surface area contributed by atoms with Gasteiger partial charge >= 0.3 is 0 Å². The number of hydrogen-bond donors (Lipinski definition) is 1. The molecule has 2 rings (SSSR count). The van der Waals surface area contributed by atoms with Gasteiger partial charge in [-0.2, -0.15) is 4.31 Å². The number of benzene rings is 1. The number of hydrogen-bond acceptors (Lipinski definition) is 4. The summed E-state index contributed by atoms with van der Waals surface area (Å²) >= 11 is 0. The zero-order valence-corrected chi connectivity index (χ0v) is 14.3. The van der Waals surface area contributed by atoms with E-state index < -0.39 is 27.6 Å². The first-order valence-corrected chi connectivity index (χ1v) is 9.16. The second-order valence-corrected chi connectivity index (χ2v) is 7.86. The average molecular weight is 362 g/mol. The zero-order valence-electron chi connectivity index (χ0n) is 13.5. The van der Waals surface area contributed by atoms with Crippen molar-refractivity contribution in [2.75, 3.05) is 25.4 Å². The van der Waals surface area contributed by atoms with Crippen LogP contribution in [0.5, 0.6) is 0 Å². The van der Waals surface area contributed by atoms with Crippen molar-refractivity contribution in [2.24, 2.45) is 0 Å². The molecular weight excluding hydrogens is 342 g/mol. The quantitative estimate of drug-likeness (QED) is 0.852. The molecule has 0 aromatic heterocycles. The van der Waals surface area contributed by atoms with Crippen LogP contribution in [-0.2, 0) is 14.8 Å². The lowest BCUT2D eigenvalue weighted by Crippen LogP contribution is -2.49. The van der Waals surface area contributed by atoms with E-state index in [4.69, 9.17) is 4.74 Å². The normalized spacial score (nSPS) is 22.3. The Morgan fingerprint density at radius 2 is 1.92 bits per heavy atom. The Labute approximate surface area is 139 Å². The first kappa shape index (κ1) is 18.8. The van der Waals surface area contributed by atoms with Gasteiger partial charge in [-0.25, -0.2) is 17.2 Å². The molecule has 1 fully saturated rings. The number of nitrogens with zero attached hydrogens (tertiary/aromatic N) is 1. The highest BCUT2D eigenvalue weighted by molar-refractivity contribution is 7.89. The Kier molecular flexibility index (Phi) is 5.89. The van der Waals surface area contributed by atoms with Crippen LogP contribution in [0, 0.1) is 11.6 Å². The number of nitrogens with one attached hydrogen (secondary N) is 1. The van der Waals surface area contributed by atoms with Gasteiger partial charge in [-0.3, -0.25) is 4.79 Å².